The summed E-state index contributed by atoms with van der Waals surface area (Å²) in [5.41, 5.74) is 7.76. The number of rotatable bonds is 4. The number of carbonyl (C=O) groups excluding carboxylic acids is 1. The van der Waals surface area contributed by atoms with E-state index in [0.717, 1.165) is 16.5 Å². The van der Waals surface area contributed by atoms with E-state index in [1.54, 1.807) is 6.07 Å². The van der Waals surface area contributed by atoms with Crippen LogP contribution in [0.1, 0.15) is 39.2 Å². The Hall–Kier alpha value is -0.580. The van der Waals surface area contributed by atoms with Crippen LogP contribution in [0.2, 0.25) is 5.02 Å². The summed E-state index contributed by atoms with van der Waals surface area (Å²) >= 11 is 9.49. The van der Waals surface area contributed by atoms with E-state index in [9.17, 15) is 4.79 Å². The molecule has 0 saturated carbocycles. The first-order valence-electron chi connectivity index (χ1n) is 6.59. The zero-order valence-corrected chi connectivity index (χ0v) is 14.7. The normalized spacial score (nSPS) is 13.2. The SMILES string of the molecule is Cc1cc(Br)c(NC(=O)CC(N)CC(C)(C)C)cc1Cl. The maximum absolute atomic E-state index is 12.0. The number of halogens is 2. The Morgan fingerprint density at radius 1 is 1.45 bits per heavy atom. The van der Waals surface area contributed by atoms with Gasteiger partial charge in [-0.05, 0) is 52.4 Å². The minimum atomic E-state index is -0.144. The number of benzene rings is 1. The van der Waals surface area contributed by atoms with Crippen molar-refractivity contribution in [1.82, 2.24) is 0 Å². The number of nitrogens with two attached hydrogens (primary N) is 1. The number of carbonyl (C=O) groups is 1. The predicted octanol–water partition coefficient (Wildman–Crippen LogP) is 4.50. The van der Waals surface area contributed by atoms with E-state index in [4.69, 9.17) is 17.3 Å². The smallest absolute Gasteiger partial charge is 0.225 e. The zero-order chi connectivity index (χ0) is 15.5. The van der Waals surface area contributed by atoms with Crippen LogP contribution in [0.5, 0.6) is 0 Å². The van der Waals surface area contributed by atoms with Crippen LogP contribution in [0.25, 0.3) is 0 Å². The largest absolute Gasteiger partial charge is 0.327 e. The predicted molar refractivity (Wildman–Crippen MR) is 89.2 cm³/mol. The molecule has 1 amide bonds. The molecule has 112 valence electrons. The molecule has 20 heavy (non-hydrogen) atoms. The van der Waals surface area contributed by atoms with Gasteiger partial charge < -0.3 is 11.1 Å². The molecule has 1 atom stereocenters. The monoisotopic (exact) mass is 360 g/mol. The average Bonchev–Trinajstić information content (AvgIpc) is 2.22. The van der Waals surface area contributed by atoms with E-state index in [1.807, 2.05) is 13.0 Å². The third-order valence-electron chi connectivity index (χ3n) is 2.84. The maximum atomic E-state index is 12.0. The summed E-state index contributed by atoms with van der Waals surface area (Å²) in [6, 6.07) is 3.48. The number of hydrogen-bond donors (Lipinski definition) is 2. The van der Waals surface area contributed by atoms with Crippen molar-refractivity contribution in [2.75, 3.05) is 5.32 Å². The standard InChI is InChI=1S/C15H22BrClN2O/c1-9-5-11(16)13(7-12(9)17)19-14(20)6-10(18)8-15(2,3)4/h5,7,10H,6,8,18H2,1-4H3,(H,19,20). The molecule has 3 nitrogen and oxygen atoms in total. The maximum Gasteiger partial charge on any atom is 0.225 e. The fourth-order valence-electron chi connectivity index (χ4n) is 2.04. The van der Waals surface area contributed by atoms with Crippen molar-refractivity contribution >= 4 is 39.1 Å². The molecule has 1 aromatic rings. The molecular weight excluding hydrogens is 340 g/mol. The molecule has 0 aliphatic carbocycles. The highest BCUT2D eigenvalue weighted by atomic mass is 79.9. The zero-order valence-electron chi connectivity index (χ0n) is 12.4. The Morgan fingerprint density at radius 2 is 2.05 bits per heavy atom. The number of amides is 1. The lowest BCUT2D eigenvalue weighted by molar-refractivity contribution is -0.116. The van der Waals surface area contributed by atoms with Crippen LogP contribution in [-0.2, 0) is 4.79 Å². The molecule has 0 bridgehead atoms. The van der Waals surface area contributed by atoms with Gasteiger partial charge in [-0.15, -0.1) is 0 Å². The van der Waals surface area contributed by atoms with Crippen LogP contribution >= 0.6 is 27.5 Å². The van der Waals surface area contributed by atoms with E-state index >= 15 is 0 Å². The number of anilines is 1. The third-order valence-corrected chi connectivity index (χ3v) is 3.91. The summed E-state index contributed by atoms with van der Waals surface area (Å²) in [5.74, 6) is -0.0950. The molecule has 0 saturated heterocycles. The lowest BCUT2D eigenvalue weighted by Gasteiger charge is -2.22. The molecule has 0 aliphatic heterocycles. The van der Waals surface area contributed by atoms with Crippen molar-refractivity contribution in [2.24, 2.45) is 11.1 Å². The van der Waals surface area contributed by atoms with E-state index in [-0.39, 0.29) is 17.4 Å². The first-order valence-corrected chi connectivity index (χ1v) is 7.76. The molecule has 1 aromatic carbocycles. The van der Waals surface area contributed by atoms with Crippen molar-refractivity contribution in [3.05, 3.63) is 27.2 Å². The van der Waals surface area contributed by atoms with Crippen molar-refractivity contribution < 1.29 is 4.79 Å². The Morgan fingerprint density at radius 3 is 2.60 bits per heavy atom. The first-order chi connectivity index (χ1) is 9.08. The van der Waals surface area contributed by atoms with Crippen molar-refractivity contribution in [2.45, 2.75) is 46.6 Å². The number of aryl methyl sites for hydroxylation is 1. The molecule has 0 aromatic heterocycles. The van der Waals surface area contributed by atoms with E-state index in [2.05, 4.69) is 42.0 Å². The number of hydrogen-bond acceptors (Lipinski definition) is 2. The highest BCUT2D eigenvalue weighted by molar-refractivity contribution is 9.10. The molecule has 0 spiro atoms. The highest BCUT2D eigenvalue weighted by Gasteiger charge is 2.18. The topological polar surface area (TPSA) is 55.1 Å². The molecule has 0 radical (unpaired) electrons. The Balaban J connectivity index is 2.65. The van der Waals surface area contributed by atoms with Gasteiger partial charge in [0.2, 0.25) is 5.91 Å². The summed E-state index contributed by atoms with van der Waals surface area (Å²) in [7, 11) is 0. The van der Waals surface area contributed by atoms with Gasteiger partial charge in [0.1, 0.15) is 0 Å². The minimum absolute atomic E-state index is 0.0950. The van der Waals surface area contributed by atoms with Crippen molar-refractivity contribution in [1.29, 1.82) is 0 Å². The lowest BCUT2D eigenvalue weighted by atomic mass is 9.87. The molecular formula is C15H22BrClN2O. The second-order valence-corrected chi connectivity index (χ2v) is 7.62. The van der Waals surface area contributed by atoms with Gasteiger partial charge in [-0.1, -0.05) is 32.4 Å². The Bertz CT molecular complexity index is 497. The van der Waals surface area contributed by atoms with Crippen LogP contribution in [-0.4, -0.2) is 11.9 Å². The molecule has 0 aliphatic rings. The molecule has 3 N–H and O–H groups in total. The van der Waals surface area contributed by atoms with E-state index in [0.29, 0.717) is 17.1 Å². The fraction of sp³-hybridized carbons (Fsp3) is 0.533. The fourth-order valence-corrected chi connectivity index (χ4v) is 2.76. The van der Waals surface area contributed by atoms with Gasteiger partial charge in [-0.25, -0.2) is 0 Å². The first kappa shape index (κ1) is 17.5. The van der Waals surface area contributed by atoms with Crippen molar-refractivity contribution in [3.8, 4) is 0 Å². The van der Waals surface area contributed by atoms with Gasteiger partial charge >= 0.3 is 0 Å². The van der Waals surface area contributed by atoms with Crippen LogP contribution in [0.15, 0.2) is 16.6 Å². The van der Waals surface area contributed by atoms with Crippen LogP contribution < -0.4 is 11.1 Å². The van der Waals surface area contributed by atoms with Crippen molar-refractivity contribution in [3.63, 3.8) is 0 Å². The second-order valence-electron chi connectivity index (χ2n) is 6.36. The summed E-state index contributed by atoms with van der Waals surface area (Å²) < 4.78 is 0.817. The van der Waals surface area contributed by atoms with Gasteiger partial charge in [0, 0.05) is 22.0 Å². The molecule has 5 heteroatoms. The van der Waals surface area contributed by atoms with E-state index < -0.39 is 0 Å². The molecule has 1 rings (SSSR count). The summed E-state index contributed by atoms with van der Waals surface area (Å²) in [4.78, 5) is 12.0. The summed E-state index contributed by atoms with van der Waals surface area (Å²) in [5, 5.41) is 3.47. The van der Waals surface area contributed by atoms with Gasteiger partial charge in [0.25, 0.3) is 0 Å². The Labute approximate surface area is 134 Å². The Kier molecular flexibility index (Phi) is 6.05. The van der Waals surface area contributed by atoms with Gasteiger partial charge in [0.05, 0.1) is 5.69 Å². The molecule has 1 unspecified atom stereocenters. The quantitative estimate of drug-likeness (QED) is 0.829. The van der Waals surface area contributed by atoms with Gasteiger partial charge in [-0.3, -0.25) is 4.79 Å². The van der Waals surface area contributed by atoms with Gasteiger partial charge in [0.15, 0.2) is 0 Å². The van der Waals surface area contributed by atoms with Crippen LogP contribution in [0.4, 0.5) is 5.69 Å². The number of nitrogens with one attached hydrogen (secondary N) is 1. The minimum Gasteiger partial charge on any atom is -0.327 e. The molecule has 0 heterocycles. The summed E-state index contributed by atoms with van der Waals surface area (Å²) in [6.45, 7) is 8.25. The van der Waals surface area contributed by atoms with Crippen LogP contribution in [0, 0.1) is 12.3 Å². The van der Waals surface area contributed by atoms with E-state index in [1.165, 1.54) is 0 Å². The molecule has 0 fully saturated rings. The van der Waals surface area contributed by atoms with Gasteiger partial charge in [-0.2, -0.15) is 0 Å². The second kappa shape index (κ2) is 6.92. The highest BCUT2D eigenvalue weighted by Crippen LogP contribution is 2.29. The third kappa shape index (κ3) is 5.81. The lowest BCUT2D eigenvalue weighted by Crippen LogP contribution is -2.31. The summed E-state index contributed by atoms with van der Waals surface area (Å²) in [6.07, 6.45) is 1.10. The average molecular weight is 362 g/mol. The van der Waals surface area contributed by atoms with Crippen LogP contribution in [0.3, 0.4) is 0 Å².